The first-order valence-electron chi connectivity index (χ1n) is 7.17. The van der Waals surface area contributed by atoms with Crippen LogP contribution in [-0.4, -0.2) is 32.1 Å². The maximum Gasteiger partial charge on any atom is 0.150 e. The molecule has 0 radical (unpaired) electrons. The Balaban J connectivity index is 2.04. The van der Waals surface area contributed by atoms with Gasteiger partial charge in [0.05, 0.1) is 6.10 Å². The van der Waals surface area contributed by atoms with Crippen molar-refractivity contribution in [1.29, 1.82) is 0 Å². The van der Waals surface area contributed by atoms with Crippen molar-refractivity contribution in [1.82, 2.24) is 0 Å². The molecule has 1 unspecified atom stereocenters. The fourth-order valence-corrected chi connectivity index (χ4v) is 2.58. The predicted octanol–water partition coefficient (Wildman–Crippen LogP) is 3.20. The van der Waals surface area contributed by atoms with Crippen LogP contribution in [0.2, 0.25) is 0 Å². The molecule has 1 aromatic carbocycles. The van der Waals surface area contributed by atoms with Gasteiger partial charge in [0.25, 0.3) is 0 Å². The zero-order valence-electron chi connectivity index (χ0n) is 11.9. The van der Waals surface area contributed by atoms with Crippen LogP contribution in [0.25, 0.3) is 0 Å². The van der Waals surface area contributed by atoms with Gasteiger partial charge in [-0.2, -0.15) is 0 Å². The number of benzene rings is 1. The quantitative estimate of drug-likeness (QED) is 0.762. The predicted molar refractivity (Wildman–Crippen MR) is 78.0 cm³/mol. The Morgan fingerprint density at radius 2 is 2.32 bits per heavy atom. The Labute approximate surface area is 115 Å². The molecular weight excluding hydrogens is 238 g/mol. The van der Waals surface area contributed by atoms with Gasteiger partial charge in [-0.3, -0.25) is 4.79 Å². The first-order chi connectivity index (χ1) is 9.24. The Morgan fingerprint density at radius 3 is 3.00 bits per heavy atom. The van der Waals surface area contributed by atoms with E-state index >= 15 is 0 Å². The van der Waals surface area contributed by atoms with E-state index in [0.717, 1.165) is 50.0 Å². The van der Waals surface area contributed by atoms with Crippen LogP contribution in [0.5, 0.6) is 0 Å². The SMILES string of the molecule is CCCOC1CCCN(c2ccc(C=O)c(C)c2)C1. The van der Waals surface area contributed by atoms with Gasteiger partial charge in [0, 0.05) is 30.9 Å². The number of nitrogens with zero attached hydrogens (tertiary/aromatic N) is 1. The van der Waals surface area contributed by atoms with Crippen LogP contribution >= 0.6 is 0 Å². The minimum Gasteiger partial charge on any atom is -0.376 e. The smallest absolute Gasteiger partial charge is 0.150 e. The second-order valence-electron chi connectivity index (χ2n) is 5.24. The van der Waals surface area contributed by atoms with Crippen LogP contribution < -0.4 is 4.90 Å². The number of anilines is 1. The summed E-state index contributed by atoms with van der Waals surface area (Å²) >= 11 is 0. The average molecular weight is 261 g/mol. The van der Waals surface area contributed by atoms with Gasteiger partial charge in [0.15, 0.2) is 0 Å². The number of carbonyl (C=O) groups excluding carboxylic acids is 1. The van der Waals surface area contributed by atoms with Crippen LogP contribution in [0.1, 0.15) is 42.1 Å². The number of hydrogen-bond donors (Lipinski definition) is 0. The van der Waals surface area contributed by atoms with Crippen molar-refractivity contribution in [2.24, 2.45) is 0 Å². The molecule has 0 spiro atoms. The number of hydrogen-bond acceptors (Lipinski definition) is 3. The highest BCUT2D eigenvalue weighted by molar-refractivity contribution is 5.78. The Morgan fingerprint density at radius 1 is 1.47 bits per heavy atom. The molecule has 1 fully saturated rings. The second kappa shape index (κ2) is 6.71. The van der Waals surface area contributed by atoms with Gasteiger partial charge in [-0.05, 0) is 49.9 Å². The Bertz CT molecular complexity index is 431. The molecule has 1 aliphatic rings. The van der Waals surface area contributed by atoms with Crippen LogP contribution in [0.15, 0.2) is 18.2 Å². The van der Waals surface area contributed by atoms with E-state index in [2.05, 4.69) is 17.9 Å². The molecule has 3 nitrogen and oxygen atoms in total. The molecule has 1 aliphatic heterocycles. The highest BCUT2D eigenvalue weighted by Gasteiger charge is 2.20. The van der Waals surface area contributed by atoms with Crippen molar-refractivity contribution in [3.8, 4) is 0 Å². The summed E-state index contributed by atoms with van der Waals surface area (Å²) in [4.78, 5) is 13.2. The van der Waals surface area contributed by atoms with Crippen molar-refractivity contribution < 1.29 is 9.53 Å². The molecule has 1 aromatic rings. The molecule has 0 saturated carbocycles. The van der Waals surface area contributed by atoms with Gasteiger partial charge in [-0.25, -0.2) is 0 Å². The van der Waals surface area contributed by atoms with E-state index in [-0.39, 0.29) is 0 Å². The Kier molecular flexibility index (Phi) is 4.97. The van der Waals surface area contributed by atoms with E-state index < -0.39 is 0 Å². The maximum atomic E-state index is 10.9. The van der Waals surface area contributed by atoms with Crippen molar-refractivity contribution in [2.75, 3.05) is 24.6 Å². The molecule has 104 valence electrons. The topological polar surface area (TPSA) is 29.5 Å². The number of ether oxygens (including phenoxy) is 1. The first-order valence-corrected chi connectivity index (χ1v) is 7.17. The summed E-state index contributed by atoms with van der Waals surface area (Å²) in [7, 11) is 0. The fourth-order valence-electron chi connectivity index (χ4n) is 2.58. The standard InChI is InChI=1S/C16H23NO2/c1-3-9-19-16-5-4-8-17(11-16)15-7-6-14(12-18)13(2)10-15/h6-7,10,12,16H,3-5,8-9,11H2,1-2H3. The van der Waals surface area contributed by atoms with Crippen molar-refractivity contribution in [3.05, 3.63) is 29.3 Å². The zero-order chi connectivity index (χ0) is 13.7. The molecule has 1 atom stereocenters. The lowest BCUT2D eigenvalue weighted by Gasteiger charge is -2.34. The number of aryl methyl sites for hydroxylation is 1. The van der Waals surface area contributed by atoms with Gasteiger partial charge >= 0.3 is 0 Å². The number of rotatable bonds is 5. The van der Waals surface area contributed by atoms with Crippen LogP contribution in [0.3, 0.4) is 0 Å². The maximum absolute atomic E-state index is 10.9. The molecule has 0 aliphatic carbocycles. The molecule has 1 saturated heterocycles. The second-order valence-corrected chi connectivity index (χ2v) is 5.24. The third kappa shape index (κ3) is 3.57. The molecule has 0 amide bonds. The normalized spacial score (nSPS) is 19.5. The largest absolute Gasteiger partial charge is 0.376 e. The van der Waals surface area contributed by atoms with Crippen molar-refractivity contribution in [2.45, 2.75) is 39.2 Å². The summed E-state index contributed by atoms with van der Waals surface area (Å²) in [6.07, 6.45) is 4.66. The highest BCUT2D eigenvalue weighted by Crippen LogP contribution is 2.23. The van der Waals surface area contributed by atoms with Crippen LogP contribution in [0.4, 0.5) is 5.69 Å². The monoisotopic (exact) mass is 261 g/mol. The van der Waals surface area contributed by atoms with Gasteiger partial charge in [0.2, 0.25) is 0 Å². The van der Waals surface area contributed by atoms with Gasteiger partial charge in [0.1, 0.15) is 6.29 Å². The zero-order valence-corrected chi connectivity index (χ0v) is 11.9. The molecule has 0 bridgehead atoms. The molecule has 2 rings (SSSR count). The lowest BCUT2D eigenvalue weighted by atomic mass is 10.0. The summed E-state index contributed by atoms with van der Waals surface area (Å²) in [5.74, 6) is 0. The summed E-state index contributed by atoms with van der Waals surface area (Å²) < 4.78 is 5.86. The lowest BCUT2D eigenvalue weighted by molar-refractivity contribution is 0.0440. The van der Waals surface area contributed by atoms with Gasteiger partial charge in [-0.1, -0.05) is 6.92 Å². The molecule has 3 heteroatoms. The summed E-state index contributed by atoms with van der Waals surface area (Å²) in [5.41, 5.74) is 3.02. The summed E-state index contributed by atoms with van der Waals surface area (Å²) in [6, 6.07) is 6.05. The number of aldehydes is 1. The van der Waals surface area contributed by atoms with E-state index in [4.69, 9.17) is 4.74 Å². The number of piperidine rings is 1. The van der Waals surface area contributed by atoms with Crippen LogP contribution in [0, 0.1) is 6.92 Å². The first kappa shape index (κ1) is 14.1. The van der Waals surface area contributed by atoms with E-state index in [1.54, 1.807) is 0 Å². The molecule has 0 N–H and O–H groups in total. The minimum absolute atomic E-state index is 0.347. The van der Waals surface area contributed by atoms with E-state index in [1.807, 2.05) is 19.1 Å². The van der Waals surface area contributed by atoms with Crippen molar-refractivity contribution >= 4 is 12.0 Å². The molecule has 1 heterocycles. The fraction of sp³-hybridized carbons (Fsp3) is 0.562. The molecule has 19 heavy (non-hydrogen) atoms. The van der Waals surface area contributed by atoms with Crippen LogP contribution in [-0.2, 0) is 4.74 Å². The van der Waals surface area contributed by atoms with Gasteiger partial charge in [-0.15, -0.1) is 0 Å². The third-order valence-electron chi connectivity index (χ3n) is 3.68. The Hall–Kier alpha value is -1.35. The van der Waals surface area contributed by atoms with E-state index in [9.17, 15) is 4.79 Å². The molecule has 0 aromatic heterocycles. The third-order valence-corrected chi connectivity index (χ3v) is 3.68. The summed E-state index contributed by atoms with van der Waals surface area (Å²) in [5, 5.41) is 0. The van der Waals surface area contributed by atoms with E-state index in [1.165, 1.54) is 12.1 Å². The average Bonchev–Trinajstić information content (AvgIpc) is 2.45. The minimum atomic E-state index is 0.347. The van der Waals surface area contributed by atoms with Gasteiger partial charge < -0.3 is 9.64 Å². The summed E-state index contributed by atoms with van der Waals surface area (Å²) in [6.45, 7) is 7.01. The number of carbonyl (C=O) groups is 1. The van der Waals surface area contributed by atoms with Crippen molar-refractivity contribution in [3.63, 3.8) is 0 Å². The lowest BCUT2D eigenvalue weighted by Crippen LogP contribution is -2.39. The van der Waals surface area contributed by atoms with E-state index in [0.29, 0.717) is 6.10 Å². The highest BCUT2D eigenvalue weighted by atomic mass is 16.5. The molecular formula is C16H23NO2.